The van der Waals surface area contributed by atoms with E-state index in [4.69, 9.17) is 4.84 Å². The molecule has 1 rings (SSSR count). The summed E-state index contributed by atoms with van der Waals surface area (Å²) >= 11 is 0. The number of rotatable bonds is 6. The molecule has 1 aromatic rings. The fourth-order valence-electron chi connectivity index (χ4n) is 1.39. The van der Waals surface area contributed by atoms with Crippen molar-refractivity contribution in [3.63, 3.8) is 0 Å². The van der Waals surface area contributed by atoms with Crippen LogP contribution in [0.15, 0.2) is 30.3 Å². The minimum Gasteiger partial charge on any atom is -0.350 e. The van der Waals surface area contributed by atoms with Crippen LogP contribution in [0.2, 0.25) is 0 Å². The van der Waals surface area contributed by atoms with Gasteiger partial charge >= 0.3 is 0 Å². The van der Waals surface area contributed by atoms with Crippen molar-refractivity contribution in [1.82, 2.24) is 10.4 Å². The highest BCUT2D eigenvalue weighted by molar-refractivity contribution is 5.83. The van der Waals surface area contributed by atoms with E-state index in [9.17, 15) is 9.59 Å². The van der Waals surface area contributed by atoms with Crippen LogP contribution in [-0.4, -0.2) is 30.0 Å². The summed E-state index contributed by atoms with van der Waals surface area (Å²) in [7, 11) is 0. The summed E-state index contributed by atoms with van der Waals surface area (Å²) in [6.07, 6.45) is 0. The molecule has 5 nitrogen and oxygen atoms in total. The lowest BCUT2D eigenvalue weighted by atomic mass is 10.2. The van der Waals surface area contributed by atoms with Crippen molar-refractivity contribution in [1.29, 1.82) is 0 Å². The predicted molar refractivity (Wildman–Crippen MR) is 67.3 cm³/mol. The zero-order valence-electron chi connectivity index (χ0n) is 10.7. The number of hydrogen-bond acceptors (Lipinski definition) is 3. The Bertz CT molecular complexity index is 392. The van der Waals surface area contributed by atoms with Crippen LogP contribution in [0.1, 0.15) is 19.4 Å². The first-order valence-electron chi connectivity index (χ1n) is 5.85. The van der Waals surface area contributed by atoms with Crippen LogP contribution < -0.4 is 5.32 Å². The summed E-state index contributed by atoms with van der Waals surface area (Å²) in [5, 5.41) is 3.79. The summed E-state index contributed by atoms with van der Waals surface area (Å²) in [4.78, 5) is 27.8. The van der Waals surface area contributed by atoms with Gasteiger partial charge in [-0.1, -0.05) is 30.3 Å². The fourth-order valence-corrected chi connectivity index (χ4v) is 1.39. The van der Waals surface area contributed by atoms with Gasteiger partial charge in [-0.3, -0.25) is 14.4 Å². The summed E-state index contributed by atoms with van der Waals surface area (Å²) in [6.45, 7) is 3.83. The third kappa shape index (κ3) is 4.97. The Hall–Kier alpha value is -1.88. The molecule has 0 heterocycles. The first-order valence-corrected chi connectivity index (χ1v) is 5.85. The van der Waals surface area contributed by atoms with Crippen LogP contribution in [-0.2, 0) is 21.0 Å². The molecule has 0 aliphatic heterocycles. The molecular formula is C13H18N2O3. The molecule has 0 saturated carbocycles. The van der Waals surface area contributed by atoms with Gasteiger partial charge in [0.2, 0.25) is 11.8 Å². The highest BCUT2D eigenvalue weighted by Gasteiger charge is 2.13. The molecule has 0 spiro atoms. The molecule has 0 fully saturated rings. The maximum Gasteiger partial charge on any atom is 0.243 e. The first-order chi connectivity index (χ1) is 8.63. The van der Waals surface area contributed by atoms with Gasteiger partial charge in [0, 0.05) is 13.5 Å². The standard InChI is InChI=1S/C13H18N2O3/c1-3-18-15(11(2)16)10-13(17)14-9-12-7-5-4-6-8-12/h4-8H,3,9-10H2,1-2H3,(H,14,17). The molecule has 18 heavy (non-hydrogen) atoms. The third-order valence-corrected chi connectivity index (χ3v) is 2.26. The Morgan fingerprint density at radius 2 is 1.94 bits per heavy atom. The molecule has 1 aromatic carbocycles. The van der Waals surface area contributed by atoms with E-state index in [2.05, 4.69) is 5.32 Å². The van der Waals surface area contributed by atoms with E-state index in [-0.39, 0.29) is 18.4 Å². The van der Waals surface area contributed by atoms with Crippen LogP contribution in [0.3, 0.4) is 0 Å². The van der Waals surface area contributed by atoms with Crippen molar-refractivity contribution in [3.8, 4) is 0 Å². The van der Waals surface area contributed by atoms with Crippen molar-refractivity contribution >= 4 is 11.8 Å². The predicted octanol–water partition coefficient (Wildman–Crippen LogP) is 1.10. The maximum absolute atomic E-state index is 11.6. The lowest BCUT2D eigenvalue weighted by Crippen LogP contribution is -2.39. The molecule has 0 saturated heterocycles. The molecule has 2 amide bonds. The number of hydroxylamine groups is 2. The van der Waals surface area contributed by atoms with E-state index in [0.717, 1.165) is 10.6 Å². The van der Waals surface area contributed by atoms with Gasteiger partial charge in [0.1, 0.15) is 6.54 Å². The molecule has 0 radical (unpaired) electrons. The summed E-state index contributed by atoms with van der Waals surface area (Å²) in [5.41, 5.74) is 1.01. The van der Waals surface area contributed by atoms with E-state index in [1.165, 1.54) is 6.92 Å². The molecule has 1 N–H and O–H groups in total. The van der Waals surface area contributed by atoms with Crippen molar-refractivity contribution in [3.05, 3.63) is 35.9 Å². The van der Waals surface area contributed by atoms with Gasteiger partial charge in [-0.05, 0) is 12.5 Å². The number of nitrogens with zero attached hydrogens (tertiary/aromatic N) is 1. The van der Waals surface area contributed by atoms with E-state index >= 15 is 0 Å². The molecule has 5 heteroatoms. The van der Waals surface area contributed by atoms with E-state index in [0.29, 0.717) is 13.2 Å². The number of carbonyl (C=O) groups excluding carboxylic acids is 2. The Morgan fingerprint density at radius 1 is 1.28 bits per heavy atom. The van der Waals surface area contributed by atoms with E-state index in [1.54, 1.807) is 6.92 Å². The first kappa shape index (κ1) is 14.2. The normalized spacial score (nSPS) is 9.89. The van der Waals surface area contributed by atoms with Crippen LogP contribution in [0.5, 0.6) is 0 Å². The monoisotopic (exact) mass is 250 g/mol. The molecular weight excluding hydrogens is 232 g/mol. The Balaban J connectivity index is 2.39. The average molecular weight is 250 g/mol. The van der Waals surface area contributed by atoms with E-state index < -0.39 is 0 Å². The van der Waals surface area contributed by atoms with E-state index in [1.807, 2.05) is 30.3 Å². The molecule has 0 aliphatic rings. The smallest absolute Gasteiger partial charge is 0.243 e. The number of amides is 2. The Kier molecular flexibility index (Phi) is 5.87. The minimum atomic E-state index is -0.285. The van der Waals surface area contributed by atoms with Gasteiger partial charge in [0.15, 0.2) is 0 Å². The molecule has 0 unspecified atom stereocenters. The maximum atomic E-state index is 11.6. The number of nitrogens with one attached hydrogen (secondary N) is 1. The molecule has 0 aliphatic carbocycles. The summed E-state index contributed by atoms with van der Waals surface area (Å²) in [6, 6.07) is 9.57. The van der Waals surface area contributed by atoms with Crippen LogP contribution in [0, 0.1) is 0 Å². The van der Waals surface area contributed by atoms with Crippen molar-refractivity contribution in [2.45, 2.75) is 20.4 Å². The lowest BCUT2D eigenvalue weighted by Gasteiger charge is -2.18. The van der Waals surface area contributed by atoms with Gasteiger partial charge < -0.3 is 5.32 Å². The Labute approximate surface area is 107 Å². The van der Waals surface area contributed by atoms with Gasteiger partial charge in [0.05, 0.1) is 6.61 Å². The van der Waals surface area contributed by atoms with Crippen LogP contribution in [0.4, 0.5) is 0 Å². The van der Waals surface area contributed by atoms with Crippen LogP contribution >= 0.6 is 0 Å². The zero-order chi connectivity index (χ0) is 13.4. The number of hydrogen-bond donors (Lipinski definition) is 1. The summed E-state index contributed by atoms with van der Waals surface area (Å²) in [5.74, 6) is -0.533. The van der Waals surface area contributed by atoms with Gasteiger partial charge in [-0.15, -0.1) is 0 Å². The van der Waals surface area contributed by atoms with Crippen molar-refractivity contribution in [2.75, 3.05) is 13.2 Å². The van der Waals surface area contributed by atoms with Gasteiger partial charge in [-0.2, -0.15) is 0 Å². The SMILES string of the molecule is CCON(CC(=O)NCc1ccccc1)C(C)=O. The highest BCUT2D eigenvalue weighted by atomic mass is 16.7. The number of carbonyl (C=O) groups is 2. The van der Waals surface area contributed by atoms with Crippen LogP contribution in [0.25, 0.3) is 0 Å². The van der Waals surface area contributed by atoms with Crippen molar-refractivity contribution in [2.24, 2.45) is 0 Å². The topological polar surface area (TPSA) is 58.6 Å². The Morgan fingerprint density at radius 3 is 2.50 bits per heavy atom. The fraction of sp³-hybridized carbons (Fsp3) is 0.385. The zero-order valence-corrected chi connectivity index (χ0v) is 10.7. The quantitative estimate of drug-likeness (QED) is 0.769. The number of benzene rings is 1. The van der Waals surface area contributed by atoms with Crippen molar-refractivity contribution < 1.29 is 14.4 Å². The third-order valence-electron chi connectivity index (χ3n) is 2.26. The average Bonchev–Trinajstić information content (AvgIpc) is 2.37. The lowest BCUT2D eigenvalue weighted by molar-refractivity contribution is -0.184. The molecule has 0 bridgehead atoms. The second-order valence-corrected chi connectivity index (χ2v) is 3.74. The van der Waals surface area contributed by atoms with Gasteiger partial charge in [-0.25, -0.2) is 5.06 Å². The highest BCUT2D eigenvalue weighted by Crippen LogP contribution is 1.97. The largest absolute Gasteiger partial charge is 0.350 e. The molecule has 0 aromatic heterocycles. The molecule has 0 atom stereocenters. The minimum absolute atomic E-state index is 0.0873. The summed E-state index contributed by atoms with van der Waals surface area (Å²) < 4.78 is 0. The molecule has 98 valence electrons. The second kappa shape index (κ2) is 7.45. The second-order valence-electron chi connectivity index (χ2n) is 3.74. The van der Waals surface area contributed by atoms with Gasteiger partial charge in [0.25, 0.3) is 0 Å².